The zero-order chi connectivity index (χ0) is 24.9. The number of thioether (sulfide) groups is 1. The van der Waals surface area contributed by atoms with Gasteiger partial charge in [-0.25, -0.2) is 0 Å². The van der Waals surface area contributed by atoms with Gasteiger partial charge in [-0.3, -0.25) is 14.6 Å². The van der Waals surface area contributed by atoms with E-state index >= 15 is 0 Å². The largest absolute Gasteiger partial charge is 0.416 e. The number of alkyl halides is 3. The predicted octanol–water partition coefficient (Wildman–Crippen LogP) is 5.74. The Morgan fingerprint density at radius 1 is 1.15 bits per heavy atom. The second-order valence-corrected chi connectivity index (χ2v) is 9.56. The lowest BCUT2D eigenvalue weighted by Crippen LogP contribution is -2.42. The Kier molecular flexibility index (Phi) is 8.30. The minimum absolute atomic E-state index is 0.0343. The number of anilines is 1. The Balaban J connectivity index is 1.80. The molecule has 1 N–H and O–H groups in total. The summed E-state index contributed by atoms with van der Waals surface area (Å²) in [6.07, 6.45) is -1.06. The molecule has 2 aromatic rings. The third-order valence-corrected chi connectivity index (χ3v) is 6.66. The summed E-state index contributed by atoms with van der Waals surface area (Å²) in [6, 6.07) is 11.3. The average Bonchev–Trinajstić information content (AvgIpc) is 3.13. The van der Waals surface area contributed by atoms with Gasteiger partial charge < -0.3 is 5.32 Å². The van der Waals surface area contributed by atoms with E-state index in [0.29, 0.717) is 17.2 Å². The zero-order valence-electron chi connectivity index (χ0n) is 18.8. The van der Waals surface area contributed by atoms with Gasteiger partial charge in [0, 0.05) is 10.7 Å². The first-order chi connectivity index (χ1) is 16.0. The van der Waals surface area contributed by atoms with Crippen LogP contribution in [0.3, 0.4) is 0 Å². The smallest absolute Gasteiger partial charge is 0.324 e. The lowest BCUT2D eigenvalue weighted by atomic mass is 9.73. The van der Waals surface area contributed by atoms with E-state index in [9.17, 15) is 22.8 Å². The molecule has 0 aliphatic carbocycles. The first kappa shape index (κ1) is 26.1. The maximum Gasteiger partial charge on any atom is 0.416 e. The van der Waals surface area contributed by atoms with Crippen LogP contribution in [0.15, 0.2) is 53.6 Å². The summed E-state index contributed by atoms with van der Waals surface area (Å²) in [7, 11) is 0. The number of ketones is 1. The van der Waals surface area contributed by atoms with Gasteiger partial charge in [0.1, 0.15) is 12.3 Å². The number of nitrogens with one attached hydrogen (secondary N) is 1. The Morgan fingerprint density at radius 2 is 1.79 bits per heavy atom. The summed E-state index contributed by atoms with van der Waals surface area (Å²) >= 11 is 7.72. The minimum Gasteiger partial charge on any atom is -0.324 e. The third-order valence-electron chi connectivity index (χ3n) is 5.71. The van der Waals surface area contributed by atoms with Crippen LogP contribution in [0, 0.1) is 5.41 Å². The number of benzene rings is 2. The first-order valence-corrected chi connectivity index (χ1v) is 12.4. The number of rotatable bonds is 9. The highest BCUT2D eigenvalue weighted by Crippen LogP contribution is 2.37. The molecule has 34 heavy (non-hydrogen) atoms. The molecule has 0 aromatic heterocycles. The van der Waals surface area contributed by atoms with Gasteiger partial charge in [-0.05, 0) is 73.7 Å². The highest BCUT2D eigenvalue weighted by atomic mass is 35.5. The number of carbonyl (C=O) groups is 2. The van der Waals surface area contributed by atoms with Gasteiger partial charge in [-0.15, -0.1) is 0 Å². The Bertz CT molecular complexity index is 1060. The quantitative estimate of drug-likeness (QED) is 0.436. The fourth-order valence-corrected chi connectivity index (χ4v) is 4.53. The molecule has 3 rings (SSSR count). The summed E-state index contributed by atoms with van der Waals surface area (Å²) in [5.41, 5.74) is -0.0526. The number of hydrogen-bond acceptors (Lipinski definition) is 5. The second kappa shape index (κ2) is 10.8. The van der Waals surface area contributed by atoms with Gasteiger partial charge in [0.15, 0.2) is 0 Å². The maximum absolute atomic E-state index is 12.9. The van der Waals surface area contributed by atoms with Crippen LogP contribution >= 0.6 is 23.4 Å². The van der Waals surface area contributed by atoms with Crippen LogP contribution in [0.1, 0.15) is 30.9 Å². The van der Waals surface area contributed by atoms with Crippen molar-refractivity contribution in [2.45, 2.75) is 25.9 Å². The van der Waals surface area contributed by atoms with Crippen LogP contribution in [-0.4, -0.2) is 47.5 Å². The summed E-state index contributed by atoms with van der Waals surface area (Å²) in [5.74, 6) is 0.410. The molecule has 5 nitrogen and oxygen atoms in total. The van der Waals surface area contributed by atoms with Crippen molar-refractivity contribution in [3.05, 3.63) is 64.7 Å². The lowest BCUT2D eigenvalue weighted by Gasteiger charge is -2.28. The molecular weight excluding hydrogens is 487 g/mol. The SMILES string of the molecule is CSCCCC1(C(C)=O)CN(CC(=O)Nc2ccc(C(F)(F)F)cc2)N=C1c1ccc(Cl)cc1. The van der Waals surface area contributed by atoms with Crippen molar-refractivity contribution in [2.75, 3.05) is 30.4 Å². The predicted molar refractivity (Wildman–Crippen MR) is 130 cm³/mol. The molecule has 1 amide bonds. The molecule has 0 radical (unpaired) electrons. The normalized spacial score (nSPS) is 18.1. The van der Waals surface area contributed by atoms with Crippen LogP contribution < -0.4 is 5.32 Å². The number of halogens is 4. The van der Waals surface area contributed by atoms with Gasteiger partial charge in [-0.1, -0.05) is 23.7 Å². The van der Waals surface area contributed by atoms with Gasteiger partial charge in [0.05, 0.1) is 23.2 Å². The molecule has 0 fully saturated rings. The Hall–Kier alpha value is -2.52. The average molecular weight is 512 g/mol. The van der Waals surface area contributed by atoms with Crippen LogP contribution in [0.4, 0.5) is 18.9 Å². The van der Waals surface area contributed by atoms with Crippen molar-refractivity contribution >= 4 is 46.5 Å². The minimum atomic E-state index is -4.45. The van der Waals surface area contributed by atoms with Gasteiger partial charge >= 0.3 is 6.18 Å². The van der Waals surface area contributed by atoms with Crippen LogP contribution in [0.5, 0.6) is 0 Å². The van der Waals surface area contributed by atoms with Crippen molar-refractivity contribution in [3.8, 4) is 0 Å². The summed E-state index contributed by atoms with van der Waals surface area (Å²) in [5, 5.41) is 9.34. The Morgan fingerprint density at radius 3 is 2.35 bits per heavy atom. The number of hydrogen-bond donors (Lipinski definition) is 1. The monoisotopic (exact) mass is 511 g/mol. The van der Waals surface area contributed by atoms with Gasteiger partial charge in [0.25, 0.3) is 0 Å². The van der Waals surface area contributed by atoms with Crippen molar-refractivity contribution in [2.24, 2.45) is 10.5 Å². The van der Waals surface area contributed by atoms with E-state index < -0.39 is 23.1 Å². The van der Waals surface area contributed by atoms with Crippen LogP contribution in [-0.2, 0) is 15.8 Å². The molecule has 0 saturated carbocycles. The molecule has 0 spiro atoms. The number of nitrogens with zero attached hydrogens (tertiary/aromatic N) is 2. The van der Waals surface area contributed by atoms with E-state index in [1.54, 1.807) is 41.0 Å². The molecular formula is C24H25ClF3N3O2S. The second-order valence-electron chi connectivity index (χ2n) is 8.14. The van der Waals surface area contributed by atoms with E-state index in [0.717, 1.165) is 29.9 Å². The molecule has 1 aliphatic rings. The van der Waals surface area contributed by atoms with Crippen LogP contribution in [0.25, 0.3) is 0 Å². The van der Waals surface area contributed by atoms with E-state index in [1.165, 1.54) is 19.1 Å². The topological polar surface area (TPSA) is 61.8 Å². The van der Waals surface area contributed by atoms with Crippen LogP contribution in [0.2, 0.25) is 5.02 Å². The fraction of sp³-hybridized carbons (Fsp3) is 0.375. The highest BCUT2D eigenvalue weighted by molar-refractivity contribution is 7.98. The first-order valence-electron chi connectivity index (χ1n) is 10.6. The molecule has 1 heterocycles. The van der Waals surface area contributed by atoms with Gasteiger partial charge in [0.2, 0.25) is 5.91 Å². The number of Topliss-reactive ketones (excluding diaryl/α,β-unsaturated/α-hetero) is 1. The molecule has 1 aliphatic heterocycles. The van der Waals surface area contributed by atoms with Crippen molar-refractivity contribution in [1.82, 2.24) is 5.01 Å². The van der Waals surface area contributed by atoms with E-state index in [2.05, 4.69) is 10.4 Å². The maximum atomic E-state index is 12.9. The fourth-order valence-electron chi connectivity index (χ4n) is 3.97. The van der Waals surface area contributed by atoms with Crippen molar-refractivity contribution in [3.63, 3.8) is 0 Å². The molecule has 2 aromatic carbocycles. The van der Waals surface area contributed by atoms with Crippen molar-refractivity contribution in [1.29, 1.82) is 0 Å². The number of amides is 1. The zero-order valence-corrected chi connectivity index (χ0v) is 20.4. The van der Waals surface area contributed by atoms with Gasteiger partial charge in [-0.2, -0.15) is 30.0 Å². The standard InChI is InChI=1S/C24H25ClF3N3O2S/c1-16(32)23(12-3-13-34-2)15-31(30-22(23)17-4-8-19(25)9-5-17)14-21(33)29-20-10-6-18(7-11-20)24(26,27)28/h4-11H,3,12-15H2,1-2H3,(H,29,33). The van der Waals surface area contributed by atoms with E-state index in [-0.39, 0.29) is 24.6 Å². The Labute approximate surface area is 205 Å². The number of hydrazone groups is 1. The van der Waals surface area contributed by atoms with E-state index in [1.807, 2.05) is 6.26 Å². The molecule has 1 atom stereocenters. The molecule has 1 unspecified atom stereocenters. The highest BCUT2D eigenvalue weighted by Gasteiger charge is 2.47. The third kappa shape index (κ3) is 6.13. The molecule has 0 saturated heterocycles. The molecule has 10 heteroatoms. The number of carbonyl (C=O) groups excluding carboxylic acids is 2. The molecule has 182 valence electrons. The summed E-state index contributed by atoms with van der Waals surface area (Å²) in [6.45, 7) is 1.64. The van der Waals surface area contributed by atoms with E-state index in [4.69, 9.17) is 11.6 Å². The summed E-state index contributed by atoms with van der Waals surface area (Å²) in [4.78, 5) is 25.5. The summed E-state index contributed by atoms with van der Waals surface area (Å²) < 4.78 is 38.3. The molecule has 0 bridgehead atoms. The lowest BCUT2D eigenvalue weighted by molar-refractivity contribution is -0.137. The van der Waals surface area contributed by atoms with Crippen molar-refractivity contribution < 1.29 is 22.8 Å².